The number of nitrogens with zero attached hydrogens (tertiary/aromatic N) is 2. The van der Waals surface area contributed by atoms with Crippen LogP contribution in [0.15, 0.2) is 5.38 Å². The van der Waals surface area contributed by atoms with Crippen LogP contribution in [0.2, 0.25) is 0 Å². The van der Waals surface area contributed by atoms with Gasteiger partial charge in [0, 0.05) is 25.0 Å². The van der Waals surface area contributed by atoms with E-state index in [9.17, 15) is 4.79 Å². The summed E-state index contributed by atoms with van der Waals surface area (Å²) in [7, 11) is 0. The highest BCUT2D eigenvalue weighted by molar-refractivity contribution is 7.09. The first kappa shape index (κ1) is 11.5. The molecule has 1 amide bonds. The molecule has 1 aromatic heterocycles. The molecular weight excluding hydrogens is 226 g/mol. The number of amides is 1. The lowest BCUT2D eigenvalue weighted by Gasteiger charge is -2.31. The molecular formula is C10H15N3O2S. The number of carbonyl (C=O) groups excluding carboxylic acids is 1. The Hall–Kier alpha value is -0.980. The lowest BCUT2D eigenvalue weighted by atomic mass is 10.2. The summed E-state index contributed by atoms with van der Waals surface area (Å²) in [6.45, 7) is 4.07. The molecule has 2 rings (SSSR count). The average Bonchev–Trinajstić information content (AvgIpc) is 2.75. The number of carbonyl (C=O) groups is 1. The van der Waals surface area contributed by atoms with Crippen LogP contribution in [0.5, 0.6) is 0 Å². The summed E-state index contributed by atoms with van der Waals surface area (Å²) in [4.78, 5) is 18.0. The first-order chi connectivity index (χ1) is 7.70. The minimum absolute atomic E-state index is 0.0221. The van der Waals surface area contributed by atoms with Crippen molar-refractivity contribution in [2.24, 2.45) is 5.73 Å². The van der Waals surface area contributed by atoms with E-state index in [4.69, 9.17) is 10.5 Å². The highest BCUT2D eigenvalue weighted by Gasteiger charge is 2.25. The second kappa shape index (κ2) is 4.90. The zero-order chi connectivity index (χ0) is 11.5. The molecule has 2 heterocycles. The molecule has 5 nitrogen and oxygen atoms in total. The van der Waals surface area contributed by atoms with Gasteiger partial charge in [-0.2, -0.15) is 0 Å². The molecule has 0 aliphatic carbocycles. The van der Waals surface area contributed by atoms with Crippen LogP contribution in [0.4, 0.5) is 0 Å². The minimum Gasteiger partial charge on any atom is -0.373 e. The molecule has 1 aliphatic rings. The third-order valence-corrected chi connectivity index (χ3v) is 3.30. The smallest absolute Gasteiger partial charge is 0.273 e. The topological polar surface area (TPSA) is 68.5 Å². The largest absolute Gasteiger partial charge is 0.373 e. The van der Waals surface area contributed by atoms with Crippen molar-refractivity contribution >= 4 is 17.2 Å². The van der Waals surface area contributed by atoms with Crippen LogP contribution in [0.3, 0.4) is 0 Å². The SMILES string of the molecule is Cc1nc(C(=O)N2CCOC(CN)C2)cs1. The van der Waals surface area contributed by atoms with Crippen molar-refractivity contribution in [3.8, 4) is 0 Å². The number of hydrogen-bond acceptors (Lipinski definition) is 5. The molecule has 1 fully saturated rings. The van der Waals surface area contributed by atoms with E-state index < -0.39 is 0 Å². The maximum atomic E-state index is 12.0. The number of morpholine rings is 1. The van der Waals surface area contributed by atoms with Gasteiger partial charge in [-0.25, -0.2) is 4.98 Å². The predicted octanol–water partition coefficient (Wildman–Crippen LogP) is 0.251. The molecule has 0 aromatic carbocycles. The first-order valence-corrected chi connectivity index (χ1v) is 6.11. The lowest BCUT2D eigenvalue weighted by molar-refractivity contribution is -0.0169. The Balaban J connectivity index is 2.04. The van der Waals surface area contributed by atoms with E-state index in [0.717, 1.165) is 5.01 Å². The molecule has 16 heavy (non-hydrogen) atoms. The number of thiazole rings is 1. The van der Waals surface area contributed by atoms with Gasteiger partial charge in [0.05, 0.1) is 17.7 Å². The Kier molecular flexibility index (Phi) is 3.52. The van der Waals surface area contributed by atoms with Gasteiger partial charge in [-0.1, -0.05) is 0 Å². The van der Waals surface area contributed by atoms with Gasteiger partial charge in [0.2, 0.25) is 0 Å². The number of aromatic nitrogens is 1. The van der Waals surface area contributed by atoms with Crippen molar-refractivity contribution in [2.75, 3.05) is 26.2 Å². The van der Waals surface area contributed by atoms with Gasteiger partial charge in [-0.15, -0.1) is 11.3 Å². The Bertz CT molecular complexity index is 380. The van der Waals surface area contributed by atoms with E-state index >= 15 is 0 Å². The summed E-state index contributed by atoms with van der Waals surface area (Å²) in [5, 5.41) is 2.71. The van der Waals surface area contributed by atoms with Crippen molar-refractivity contribution in [3.05, 3.63) is 16.1 Å². The monoisotopic (exact) mass is 241 g/mol. The van der Waals surface area contributed by atoms with Gasteiger partial charge in [-0.05, 0) is 6.92 Å². The van der Waals surface area contributed by atoms with Gasteiger partial charge < -0.3 is 15.4 Å². The Morgan fingerprint density at radius 3 is 3.25 bits per heavy atom. The Labute approximate surface area is 98.2 Å². The van der Waals surface area contributed by atoms with E-state index in [1.54, 1.807) is 10.3 Å². The van der Waals surface area contributed by atoms with E-state index in [0.29, 0.717) is 31.9 Å². The van der Waals surface area contributed by atoms with Gasteiger partial charge in [0.1, 0.15) is 5.69 Å². The van der Waals surface area contributed by atoms with Crippen LogP contribution in [-0.4, -0.2) is 48.1 Å². The molecule has 2 N–H and O–H groups in total. The molecule has 1 aliphatic heterocycles. The van der Waals surface area contributed by atoms with E-state index in [1.165, 1.54) is 11.3 Å². The molecule has 6 heteroatoms. The fourth-order valence-corrected chi connectivity index (χ4v) is 2.26. The van der Waals surface area contributed by atoms with Crippen molar-refractivity contribution in [1.82, 2.24) is 9.88 Å². The van der Waals surface area contributed by atoms with Crippen molar-refractivity contribution in [2.45, 2.75) is 13.0 Å². The van der Waals surface area contributed by atoms with Crippen LogP contribution in [0.1, 0.15) is 15.5 Å². The molecule has 1 atom stereocenters. The number of nitrogens with two attached hydrogens (primary N) is 1. The number of hydrogen-bond donors (Lipinski definition) is 1. The van der Waals surface area contributed by atoms with Crippen molar-refractivity contribution in [3.63, 3.8) is 0 Å². The summed E-state index contributed by atoms with van der Waals surface area (Å²) in [5.41, 5.74) is 6.06. The molecule has 1 saturated heterocycles. The molecule has 88 valence electrons. The minimum atomic E-state index is -0.0440. The number of ether oxygens (including phenoxy) is 1. The third-order valence-electron chi connectivity index (χ3n) is 2.53. The third kappa shape index (κ3) is 2.40. The van der Waals surface area contributed by atoms with E-state index in [2.05, 4.69) is 4.98 Å². The quantitative estimate of drug-likeness (QED) is 0.806. The molecule has 0 saturated carbocycles. The fraction of sp³-hybridized carbons (Fsp3) is 0.600. The average molecular weight is 241 g/mol. The van der Waals surface area contributed by atoms with Crippen LogP contribution < -0.4 is 5.73 Å². The molecule has 0 bridgehead atoms. The summed E-state index contributed by atoms with van der Waals surface area (Å²) >= 11 is 1.49. The zero-order valence-electron chi connectivity index (χ0n) is 9.18. The van der Waals surface area contributed by atoms with Gasteiger partial charge in [-0.3, -0.25) is 4.79 Å². The first-order valence-electron chi connectivity index (χ1n) is 5.24. The molecule has 1 unspecified atom stereocenters. The van der Waals surface area contributed by atoms with E-state index in [-0.39, 0.29) is 12.0 Å². The summed E-state index contributed by atoms with van der Waals surface area (Å²) in [6, 6.07) is 0. The predicted molar refractivity (Wildman–Crippen MR) is 61.5 cm³/mol. The number of rotatable bonds is 2. The van der Waals surface area contributed by atoms with E-state index in [1.807, 2.05) is 6.92 Å². The second-order valence-corrected chi connectivity index (χ2v) is 4.79. The van der Waals surface area contributed by atoms with Crippen molar-refractivity contribution in [1.29, 1.82) is 0 Å². The standard InChI is InChI=1S/C10H15N3O2S/c1-7-12-9(6-16-7)10(14)13-2-3-15-8(4-11)5-13/h6,8H,2-5,11H2,1H3. The maximum absolute atomic E-state index is 12.0. The molecule has 0 radical (unpaired) electrons. The zero-order valence-corrected chi connectivity index (χ0v) is 10.00. The highest BCUT2D eigenvalue weighted by atomic mass is 32.1. The highest BCUT2D eigenvalue weighted by Crippen LogP contribution is 2.13. The normalized spacial score (nSPS) is 21.1. The molecule has 0 spiro atoms. The van der Waals surface area contributed by atoms with Crippen LogP contribution in [-0.2, 0) is 4.74 Å². The van der Waals surface area contributed by atoms with Gasteiger partial charge in [0.15, 0.2) is 0 Å². The van der Waals surface area contributed by atoms with Crippen LogP contribution in [0, 0.1) is 6.92 Å². The lowest BCUT2D eigenvalue weighted by Crippen LogP contribution is -2.48. The summed E-state index contributed by atoms with van der Waals surface area (Å²) in [5.74, 6) is -0.0221. The number of aryl methyl sites for hydroxylation is 1. The molecule has 1 aromatic rings. The Morgan fingerprint density at radius 1 is 1.81 bits per heavy atom. The Morgan fingerprint density at radius 2 is 2.62 bits per heavy atom. The van der Waals surface area contributed by atoms with Crippen LogP contribution in [0.25, 0.3) is 0 Å². The van der Waals surface area contributed by atoms with Gasteiger partial charge in [0.25, 0.3) is 5.91 Å². The van der Waals surface area contributed by atoms with Crippen molar-refractivity contribution < 1.29 is 9.53 Å². The maximum Gasteiger partial charge on any atom is 0.273 e. The summed E-state index contributed by atoms with van der Waals surface area (Å²) < 4.78 is 5.41. The summed E-state index contributed by atoms with van der Waals surface area (Å²) in [6.07, 6.45) is -0.0440. The second-order valence-electron chi connectivity index (χ2n) is 3.73. The fourth-order valence-electron chi connectivity index (χ4n) is 1.67. The van der Waals surface area contributed by atoms with Crippen LogP contribution >= 0.6 is 11.3 Å². The van der Waals surface area contributed by atoms with Gasteiger partial charge >= 0.3 is 0 Å².